The number of piperidine rings is 2. The van der Waals surface area contributed by atoms with Crippen LogP contribution in [0.15, 0.2) is 48.5 Å². The molecule has 2 saturated heterocycles. The monoisotopic (exact) mass is 537 g/mol. The molecule has 10 nitrogen and oxygen atoms in total. The van der Waals surface area contributed by atoms with E-state index in [1.807, 2.05) is 24.3 Å². The van der Waals surface area contributed by atoms with Gasteiger partial charge < -0.3 is 20.6 Å². The van der Waals surface area contributed by atoms with Crippen LogP contribution in [0.25, 0.3) is 11.1 Å². The zero-order chi connectivity index (χ0) is 27.8. The van der Waals surface area contributed by atoms with Crippen molar-refractivity contribution in [2.75, 3.05) is 38.0 Å². The van der Waals surface area contributed by atoms with Crippen molar-refractivity contribution in [3.05, 3.63) is 54.1 Å². The van der Waals surface area contributed by atoms with Crippen molar-refractivity contribution in [3.63, 3.8) is 0 Å². The first kappa shape index (κ1) is 28.7. The Morgan fingerprint density at radius 3 is 2.05 bits per heavy atom. The minimum Gasteiger partial charge on any atom is -0.391 e. The fourth-order valence-electron chi connectivity index (χ4n) is 5.39. The summed E-state index contributed by atoms with van der Waals surface area (Å²) in [5.41, 5.74) is 4.27. The van der Waals surface area contributed by atoms with Crippen LogP contribution in [0.4, 0.5) is 5.69 Å². The van der Waals surface area contributed by atoms with Gasteiger partial charge in [0.25, 0.3) is 11.8 Å². The van der Waals surface area contributed by atoms with Gasteiger partial charge in [-0.05, 0) is 81.1 Å². The topological polar surface area (TPSA) is 134 Å². The summed E-state index contributed by atoms with van der Waals surface area (Å²) in [6, 6.07) is 13.7. The van der Waals surface area contributed by atoms with Gasteiger partial charge in [0.1, 0.15) is 6.04 Å². The number of aliphatic hydroxyl groups excluding tert-OH is 1. The highest BCUT2D eigenvalue weighted by Crippen LogP contribution is 2.23. The summed E-state index contributed by atoms with van der Waals surface area (Å²) in [5.74, 6) is -1.47. The number of aliphatic hydroxyl groups is 1. The molecular formula is C29H39N5O5. The maximum atomic E-state index is 12.6. The number of anilines is 1. The maximum Gasteiger partial charge on any atom is 0.268 e. The van der Waals surface area contributed by atoms with Gasteiger partial charge in [0.05, 0.1) is 12.6 Å². The van der Waals surface area contributed by atoms with Crippen LogP contribution < -0.4 is 16.1 Å². The van der Waals surface area contributed by atoms with Crippen LogP contribution in [0.3, 0.4) is 0 Å². The molecule has 0 aliphatic carbocycles. The number of rotatable bonds is 9. The molecule has 0 saturated carbocycles. The van der Waals surface area contributed by atoms with Gasteiger partial charge in [-0.1, -0.05) is 30.7 Å². The Hall–Kier alpha value is -3.31. The fourth-order valence-corrected chi connectivity index (χ4v) is 5.39. The summed E-state index contributed by atoms with van der Waals surface area (Å²) in [6.45, 7) is 6.08. The minimum absolute atomic E-state index is 0.0140. The minimum atomic E-state index is -1.28. The first-order valence-electron chi connectivity index (χ1n) is 13.7. The van der Waals surface area contributed by atoms with E-state index in [9.17, 15) is 19.5 Å². The molecular weight excluding hydrogens is 498 g/mol. The van der Waals surface area contributed by atoms with Gasteiger partial charge in [-0.3, -0.25) is 24.5 Å². The van der Waals surface area contributed by atoms with Gasteiger partial charge in [-0.2, -0.15) is 0 Å². The summed E-state index contributed by atoms with van der Waals surface area (Å²) in [7, 11) is 0. The van der Waals surface area contributed by atoms with Gasteiger partial charge in [-0.15, -0.1) is 0 Å². The third-order valence-electron chi connectivity index (χ3n) is 7.64. The van der Waals surface area contributed by atoms with Crippen LogP contribution in [0.2, 0.25) is 0 Å². The third-order valence-corrected chi connectivity index (χ3v) is 7.64. The lowest BCUT2D eigenvalue weighted by molar-refractivity contribution is -0.133. The number of amides is 3. The molecule has 0 aromatic heterocycles. The first-order chi connectivity index (χ1) is 18.8. The van der Waals surface area contributed by atoms with E-state index in [2.05, 4.69) is 20.4 Å². The number of nitrogens with zero attached hydrogens (tertiary/aromatic N) is 2. The second kappa shape index (κ2) is 13.7. The summed E-state index contributed by atoms with van der Waals surface area (Å²) in [5, 5.41) is 23.9. The molecule has 0 unspecified atom stereocenters. The first-order valence-corrected chi connectivity index (χ1v) is 13.7. The molecule has 10 heteroatoms. The molecule has 2 aromatic rings. The van der Waals surface area contributed by atoms with Crippen molar-refractivity contribution < 1.29 is 24.7 Å². The van der Waals surface area contributed by atoms with Crippen molar-refractivity contribution in [2.45, 2.75) is 57.2 Å². The highest BCUT2D eigenvalue weighted by Gasteiger charge is 2.27. The van der Waals surface area contributed by atoms with Crippen molar-refractivity contribution in [1.29, 1.82) is 0 Å². The Morgan fingerprint density at radius 1 is 0.897 bits per heavy atom. The molecule has 2 heterocycles. The van der Waals surface area contributed by atoms with E-state index < -0.39 is 24.0 Å². The van der Waals surface area contributed by atoms with E-state index in [-0.39, 0.29) is 5.91 Å². The average molecular weight is 538 g/mol. The summed E-state index contributed by atoms with van der Waals surface area (Å²) >= 11 is 0. The number of likely N-dealkylation sites (tertiary alicyclic amines) is 2. The van der Waals surface area contributed by atoms with Crippen LogP contribution in [-0.4, -0.2) is 88.7 Å². The zero-order valence-corrected chi connectivity index (χ0v) is 22.4. The lowest BCUT2D eigenvalue weighted by Crippen LogP contribution is -2.51. The number of carbonyl (C=O) groups is 3. The largest absolute Gasteiger partial charge is 0.391 e. The Kier molecular flexibility index (Phi) is 10.0. The quantitative estimate of drug-likeness (QED) is 0.245. The second-order valence-electron chi connectivity index (χ2n) is 10.5. The van der Waals surface area contributed by atoms with Crippen LogP contribution in [0.1, 0.15) is 49.4 Å². The van der Waals surface area contributed by atoms with Crippen molar-refractivity contribution in [3.8, 4) is 11.1 Å². The molecule has 0 radical (unpaired) electrons. The standard InChI is InChI=1S/C29H39N5O5/c1-20(35)27(29(38)32-39)31-28(37)23-7-5-21(6-8-23)22-9-11-24(12-10-22)30-26(36)19-33-17-13-25(14-18-33)34-15-3-2-4-16-34/h5-12,20,25,27,35,39H,2-4,13-19H2,1H3,(H,30,36)(H,31,37)(H,32,38)/t20-,27+/m1/s1. The third kappa shape index (κ3) is 7.86. The molecule has 0 spiro atoms. The number of hydroxylamine groups is 1. The van der Waals surface area contributed by atoms with Crippen molar-refractivity contribution >= 4 is 23.4 Å². The predicted molar refractivity (Wildman–Crippen MR) is 148 cm³/mol. The van der Waals surface area contributed by atoms with Gasteiger partial charge in [0.2, 0.25) is 5.91 Å². The molecule has 39 heavy (non-hydrogen) atoms. The molecule has 4 rings (SSSR count). The summed E-state index contributed by atoms with van der Waals surface area (Å²) < 4.78 is 0. The molecule has 3 amide bonds. The Balaban J connectivity index is 1.25. The van der Waals surface area contributed by atoms with E-state index in [0.717, 1.165) is 42.7 Å². The van der Waals surface area contributed by atoms with E-state index in [1.54, 1.807) is 24.3 Å². The van der Waals surface area contributed by atoms with E-state index in [0.29, 0.717) is 18.2 Å². The van der Waals surface area contributed by atoms with Crippen molar-refractivity contribution in [1.82, 2.24) is 20.6 Å². The number of benzene rings is 2. The lowest BCUT2D eigenvalue weighted by Gasteiger charge is -2.40. The Labute approximate surface area is 229 Å². The van der Waals surface area contributed by atoms with Crippen molar-refractivity contribution in [2.24, 2.45) is 0 Å². The van der Waals surface area contributed by atoms with E-state index in [1.165, 1.54) is 44.8 Å². The molecule has 2 aliphatic heterocycles. The molecule has 2 fully saturated rings. The van der Waals surface area contributed by atoms with Crippen LogP contribution >= 0.6 is 0 Å². The van der Waals surface area contributed by atoms with E-state index >= 15 is 0 Å². The number of nitrogens with one attached hydrogen (secondary N) is 3. The molecule has 2 aliphatic rings. The van der Waals surface area contributed by atoms with Gasteiger partial charge in [0, 0.05) is 30.4 Å². The fraction of sp³-hybridized carbons (Fsp3) is 0.483. The SMILES string of the molecule is C[C@@H](O)[C@H](NC(=O)c1ccc(-c2ccc(NC(=O)CN3CCC(N4CCCCC4)CC3)cc2)cc1)C(=O)NO. The zero-order valence-electron chi connectivity index (χ0n) is 22.4. The summed E-state index contributed by atoms with van der Waals surface area (Å²) in [6.07, 6.45) is 5.03. The second-order valence-corrected chi connectivity index (χ2v) is 10.5. The molecule has 210 valence electrons. The van der Waals surface area contributed by atoms with Gasteiger partial charge >= 0.3 is 0 Å². The van der Waals surface area contributed by atoms with Crippen LogP contribution in [0.5, 0.6) is 0 Å². The molecule has 5 N–H and O–H groups in total. The highest BCUT2D eigenvalue weighted by atomic mass is 16.5. The molecule has 0 bridgehead atoms. The number of hydrogen-bond donors (Lipinski definition) is 5. The van der Waals surface area contributed by atoms with Crippen LogP contribution in [-0.2, 0) is 9.59 Å². The number of hydrogen-bond acceptors (Lipinski definition) is 7. The molecule has 2 atom stereocenters. The normalized spacial score (nSPS) is 18.6. The highest BCUT2D eigenvalue weighted by molar-refractivity contribution is 5.98. The van der Waals surface area contributed by atoms with Crippen LogP contribution in [0, 0.1) is 0 Å². The van der Waals surface area contributed by atoms with Gasteiger partial charge in [-0.25, -0.2) is 5.48 Å². The predicted octanol–water partition coefficient (Wildman–Crippen LogP) is 2.23. The Morgan fingerprint density at radius 2 is 1.49 bits per heavy atom. The maximum absolute atomic E-state index is 12.6. The smallest absolute Gasteiger partial charge is 0.268 e. The Bertz CT molecular complexity index is 1110. The lowest BCUT2D eigenvalue weighted by atomic mass is 10.00. The molecule has 2 aromatic carbocycles. The van der Waals surface area contributed by atoms with E-state index in [4.69, 9.17) is 5.21 Å². The number of carbonyl (C=O) groups excluding carboxylic acids is 3. The van der Waals surface area contributed by atoms with Gasteiger partial charge in [0.15, 0.2) is 0 Å². The summed E-state index contributed by atoms with van der Waals surface area (Å²) in [4.78, 5) is 41.6. The average Bonchev–Trinajstić information content (AvgIpc) is 2.96.